The van der Waals surface area contributed by atoms with Crippen LogP contribution >= 0.6 is 0 Å². The van der Waals surface area contributed by atoms with Crippen LogP contribution < -0.4 is 5.73 Å². The summed E-state index contributed by atoms with van der Waals surface area (Å²) >= 11 is 0. The molecule has 1 aliphatic heterocycles. The van der Waals surface area contributed by atoms with Crippen molar-refractivity contribution < 1.29 is 9.90 Å². The molecule has 0 fully saturated rings. The number of carbonyl (C=O) groups is 1. The fourth-order valence-corrected chi connectivity index (χ4v) is 2.42. The molecule has 3 N–H and O–H groups in total. The molecule has 1 aliphatic rings. The zero-order valence-electron chi connectivity index (χ0n) is 11.1. The Hall–Kier alpha value is -1.55. The summed E-state index contributed by atoms with van der Waals surface area (Å²) in [5, 5.41) is 9.07. The van der Waals surface area contributed by atoms with Gasteiger partial charge in [-0.3, -0.25) is 4.90 Å². The second-order valence-corrected chi connectivity index (χ2v) is 5.36. The average Bonchev–Trinajstić information content (AvgIpc) is 2.72. The summed E-state index contributed by atoms with van der Waals surface area (Å²) in [6, 6.07) is 3.97. The monoisotopic (exact) mass is 248 g/mol. The summed E-state index contributed by atoms with van der Waals surface area (Å²) in [5.41, 5.74) is 8.76. The van der Waals surface area contributed by atoms with Crippen molar-refractivity contribution in [1.82, 2.24) is 4.90 Å². The minimum atomic E-state index is -0.953. The van der Waals surface area contributed by atoms with Crippen LogP contribution in [0, 0.1) is 5.92 Å². The van der Waals surface area contributed by atoms with Gasteiger partial charge in [0.1, 0.15) is 0 Å². The Morgan fingerprint density at radius 2 is 2.00 bits per heavy atom. The van der Waals surface area contributed by atoms with Crippen LogP contribution in [0.2, 0.25) is 0 Å². The molecule has 4 heteroatoms. The molecule has 0 spiro atoms. The van der Waals surface area contributed by atoms with Gasteiger partial charge in [-0.05, 0) is 30.0 Å². The van der Waals surface area contributed by atoms with Crippen molar-refractivity contribution in [1.29, 1.82) is 0 Å². The highest BCUT2D eigenvalue weighted by Gasteiger charge is 2.28. The van der Waals surface area contributed by atoms with Gasteiger partial charge in [0.15, 0.2) is 0 Å². The van der Waals surface area contributed by atoms with Crippen LogP contribution in [0.15, 0.2) is 12.1 Å². The number of benzene rings is 1. The number of nitrogen functional groups attached to an aromatic ring is 1. The maximum Gasteiger partial charge on any atom is 0.337 e. The topological polar surface area (TPSA) is 66.6 Å². The average molecular weight is 248 g/mol. The maximum atomic E-state index is 11.1. The molecule has 0 radical (unpaired) electrons. The third-order valence-corrected chi connectivity index (χ3v) is 3.96. The molecule has 0 aliphatic carbocycles. The van der Waals surface area contributed by atoms with E-state index in [1.807, 2.05) is 6.07 Å². The van der Waals surface area contributed by atoms with E-state index in [0.29, 0.717) is 17.6 Å². The first kappa shape index (κ1) is 12.9. The molecule has 0 aromatic heterocycles. The number of carboxylic acid groups (broad SMARTS) is 1. The van der Waals surface area contributed by atoms with Gasteiger partial charge in [-0.15, -0.1) is 0 Å². The van der Waals surface area contributed by atoms with Gasteiger partial charge in [-0.25, -0.2) is 4.79 Å². The molecule has 1 atom stereocenters. The van der Waals surface area contributed by atoms with E-state index in [0.717, 1.165) is 24.2 Å². The molecule has 0 saturated carbocycles. The van der Waals surface area contributed by atoms with Gasteiger partial charge in [-0.2, -0.15) is 0 Å². The second kappa shape index (κ2) is 4.61. The van der Waals surface area contributed by atoms with Gasteiger partial charge in [0.2, 0.25) is 0 Å². The molecule has 2 rings (SSSR count). The van der Waals surface area contributed by atoms with Gasteiger partial charge in [0.25, 0.3) is 0 Å². The Balaban J connectivity index is 2.30. The third-order valence-electron chi connectivity index (χ3n) is 3.96. The van der Waals surface area contributed by atoms with E-state index in [2.05, 4.69) is 25.7 Å². The van der Waals surface area contributed by atoms with Crippen LogP contribution in [-0.2, 0) is 13.1 Å². The first-order valence-electron chi connectivity index (χ1n) is 6.29. The van der Waals surface area contributed by atoms with Crippen molar-refractivity contribution in [3.05, 3.63) is 28.8 Å². The van der Waals surface area contributed by atoms with Gasteiger partial charge in [-0.1, -0.05) is 19.9 Å². The molecule has 0 saturated heterocycles. The Labute approximate surface area is 107 Å². The van der Waals surface area contributed by atoms with E-state index in [1.54, 1.807) is 6.07 Å². The Kier molecular flexibility index (Phi) is 3.30. The predicted molar refractivity (Wildman–Crippen MR) is 71.4 cm³/mol. The van der Waals surface area contributed by atoms with E-state index in [1.165, 1.54) is 0 Å². The maximum absolute atomic E-state index is 11.1. The van der Waals surface area contributed by atoms with Gasteiger partial charge in [0.05, 0.1) is 11.3 Å². The molecule has 18 heavy (non-hydrogen) atoms. The number of hydrogen-bond acceptors (Lipinski definition) is 3. The van der Waals surface area contributed by atoms with Crippen molar-refractivity contribution in [2.75, 3.05) is 5.73 Å². The molecule has 1 aromatic carbocycles. The number of hydrogen-bond donors (Lipinski definition) is 2. The number of nitrogens with two attached hydrogens (primary N) is 1. The minimum Gasteiger partial charge on any atom is -0.478 e. The fraction of sp³-hybridized carbons (Fsp3) is 0.500. The lowest BCUT2D eigenvalue weighted by Gasteiger charge is -2.27. The van der Waals surface area contributed by atoms with E-state index < -0.39 is 5.97 Å². The zero-order valence-corrected chi connectivity index (χ0v) is 11.1. The molecule has 0 bridgehead atoms. The number of aromatic carboxylic acids is 1. The lowest BCUT2D eigenvalue weighted by Crippen LogP contribution is -2.32. The predicted octanol–water partition coefficient (Wildman–Crippen LogP) is 2.33. The smallest absolute Gasteiger partial charge is 0.337 e. The molecular formula is C14H20N2O2. The van der Waals surface area contributed by atoms with Crippen molar-refractivity contribution in [2.24, 2.45) is 5.92 Å². The first-order chi connectivity index (χ1) is 8.41. The summed E-state index contributed by atoms with van der Waals surface area (Å²) in [5.74, 6) is -0.384. The Bertz CT molecular complexity index is 483. The lowest BCUT2D eigenvalue weighted by atomic mass is 10.0. The van der Waals surface area contributed by atoms with Crippen molar-refractivity contribution in [2.45, 2.75) is 39.9 Å². The van der Waals surface area contributed by atoms with Crippen LogP contribution in [0.4, 0.5) is 5.69 Å². The summed E-state index contributed by atoms with van der Waals surface area (Å²) in [6.07, 6.45) is 0. The standard InChI is InChI=1S/C14H20N2O2/c1-8(2)9(3)16-6-10-4-5-11(14(17)18)13(15)12(10)7-16/h4-5,8-9H,6-7,15H2,1-3H3,(H,17,18). The highest BCUT2D eigenvalue weighted by atomic mass is 16.4. The quantitative estimate of drug-likeness (QED) is 0.806. The molecule has 0 amide bonds. The molecular weight excluding hydrogens is 228 g/mol. The SMILES string of the molecule is CC(C)C(C)N1Cc2ccc(C(=O)O)c(N)c2C1. The largest absolute Gasteiger partial charge is 0.478 e. The van der Waals surface area contributed by atoms with Crippen LogP contribution in [0.3, 0.4) is 0 Å². The van der Waals surface area contributed by atoms with Crippen LogP contribution in [0.1, 0.15) is 42.3 Å². The molecule has 4 nitrogen and oxygen atoms in total. The minimum absolute atomic E-state index is 0.216. The number of carboxylic acids is 1. The summed E-state index contributed by atoms with van der Waals surface area (Å²) in [6.45, 7) is 8.20. The Morgan fingerprint density at radius 3 is 2.56 bits per heavy atom. The zero-order chi connectivity index (χ0) is 13.4. The van der Waals surface area contributed by atoms with E-state index in [-0.39, 0.29) is 5.56 Å². The highest BCUT2D eigenvalue weighted by Crippen LogP contribution is 2.32. The summed E-state index contributed by atoms with van der Waals surface area (Å²) in [4.78, 5) is 13.4. The molecule has 1 aromatic rings. The fourth-order valence-electron chi connectivity index (χ4n) is 2.42. The summed E-state index contributed by atoms with van der Waals surface area (Å²) < 4.78 is 0. The van der Waals surface area contributed by atoms with E-state index in [4.69, 9.17) is 10.8 Å². The van der Waals surface area contributed by atoms with E-state index in [9.17, 15) is 4.79 Å². The number of nitrogens with zero attached hydrogens (tertiary/aromatic N) is 1. The molecule has 98 valence electrons. The van der Waals surface area contributed by atoms with Crippen LogP contribution in [0.25, 0.3) is 0 Å². The highest BCUT2D eigenvalue weighted by molar-refractivity contribution is 5.94. The van der Waals surface area contributed by atoms with Crippen molar-refractivity contribution in [3.63, 3.8) is 0 Å². The summed E-state index contributed by atoms with van der Waals surface area (Å²) in [7, 11) is 0. The number of anilines is 1. The van der Waals surface area contributed by atoms with Gasteiger partial charge in [0, 0.05) is 19.1 Å². The lowest BCUT2D eigenvalue weighted by molar-refractivity contribution is 0.0698. The van der Waals surface area contributed by atoms with Crippen molar-refractivity contribution in [3.8, 4) is 0 Å². The number of rotatable bonds is 3. The number of fused-ring (bicyclic) bond motifs is 1. The Morgan fingerprint density at radius 1 is 1.33 bits per heavy atom. The van der Waals surface area contributed by atoms with E-state index >= 15 is 0 Å². The van der Waals surface area contributed by atoms with Crippen LogP contribution in [-0.4, -0.2) is 22.0 Å². The van der Waals surface area contributed by atoms with Gasteiger partial charge >= 0.3 is 5.97 Å². The third kappa shape index (κ3) is 2.08. The van der Waals surface area contributed by atoms with Gasteiger partial charge < -0.3 is 10.8 Å². The molecule has 1 unspecified atom stereocenters. The van der Waals surface area contributed by atoms with Crippen LogP contribution in [0.5, 0.6) is 0 Å². The normalized spacial score (nSPS) is 16.9. The van der Waals surface area contributed by atoms with Crippen molar-refractivity contribution >= 4 is 11.7 Å². The second-order valence-electron chi connectivity index (χ2n) is 5.36. The molecule has 1 heterocycles. The first-order valence-corrected chi connectivity index (χ1v) is 6.29.